The Balaban J connectivity index is 1.64. The lowest BCUT2D eigenvalue weighted by Gasteiger charge is -2.19. The molecule has 1 atom stereocenters. The van der Waals surface area contributed by atoms with Crippen LogP contribution in [0.25, 0.3) is 16.7 Å². The van der Waals surface area contributed by atoms with Crippen molar-refractivity contribution in [2.75, 3.05) is 11.9 Å². The SMILES string of the molecule is CC(C)OCC(Oc1ncnc2c1cnn2-c1ccccc1Cl)C(=O)Nc1ncns1. The number of halogens is 1. The maximum atomic E-state index is 12.8. The molecule has 4 aromatic rings. The number of carbonyl (C=O) groups excluding carboxylic acids is 1. The second kappa shape index (κ2) is 9.33. The molecule has 31 heavy (non-hydrogen) atoms. The van der Waals surface area contributed by atoms with Gasteiger partial charge in [0, 0.05) is 11.5 Å². The topological polar surface area (TPSA) is 117 Å². The van der Waals surface area contributed by atoms with Crippen molar-refractivity contribution in [2.24, 2.45) is 0 Å². The molecule has 0 spiro atoms. The molecule has 4 rings (SSSR count). The average molecular weight is 460 g/mol. The summed E-state index contributed by atoms with van der Waals surface area (Å²) in [6.07, 6.45) is 3.20. The molecule has 1 unspecified atom stereocenters. The van der Waals surface area contributed by atoms with Crippen LogP contribution in [0, 0.1) is 0 Å². The smallest absolute Gasteiger partial charge is 0.269 e. The lowest BCUT2D eigenvalue weighted by atomic mass is 10.3. The molecule has 10 nitrogen and oxygen atoms in total. The van der Waals surface area contributed by atoms with Gasteiger partial charge in [0.2, 0.25) is 17.1 Å². The third-order valence-electron chi connectivity index (χ3n) is 4.13. The second-order valence-electron chi connectivity index (χ2n) is 6.65. The summed E-state index contributed by atoms with van der Waals surface area (Å²) < 4.78 is 17.0. The van der Waals surface area contributed by atoms with E-state index in [2.05, 4.69) is 29.7 Å². The number of hydrogen-bond donors (Lipinski definition) is 1. The molecule has 0 radical (unpaired) electrons. The summed E-state index contributed by atoms with van der Waals surface area (Å²) in [4.78, 5) is 25.3. The van der Waals surface area contributed by atoms with Crippen molar-refractivity contribution in [1.29, 1.82) is 0 Å². The Morgan fingerprint density at radius 1 is 1.23 bits per heavy atom. The Bertz CT molecular complexity index is 1180. The highest BCUT2D eigenvalue weighted by molar-refractivity contribution is 7.09. The zero-order chi connectivity index (χ0) is 21.8. The molecule has 12 heteroatoms. The molecule has 0 aliphatic carbocycles. The summed E-state index contributed by atoms with van der Waals surface area (Å²) >= 11 is 7.37. The molecule has 0 saturated heterocycles. The number of nitrogens with one attached hydrogen (secondary N) is 1. The van der Waals surface area contributed by atoms with E-state index in [4.69, 9.17) is 21.1 Å². The minimum atomic E-state index is -0.979. The summed E-state index contributed by atoms with van der Waals surface area (Å²) in [6, 6.07) is 7.27. The fourth-order valence-electron chi connectivity index (χ4n) is 2.71. The van der Waals surface area contributed by atoms with Gasteiger partial charge in [0.25, 0.3) is 5.91 Å². The van der Waals surface area contributed by atoms with Crippen LogP contribution in [0.2, 0.25) is 5.02 Å². The quantitative estimate of drug-likeness (QED) is 0.427. The van der Waals surface area contributed by atoms with Crippen molar-refractivity contribution in [3.05, 3.63) is 48.1 Å². The number of rotatable bonds is 8. The largest absolute Gasteiger partial charge is 0.461 e. The van der Waals surface area contributed by atoms with Gasteiger partial charge in [-0.25, -0.2) is 19.6 Å². The van der Waals surface area contributed by atoms with Crippen LogP contribution in [0.1, 0.15) is 13.8 Å². The van der Waals surface area contributed by atoms with Crippen molar-refractivity contribution in [2.45, 2.75) is 26.1 Å². The zero-order valence-electron chi connectivity index (χ0n) is 16.6. The van der Waals surface area contributed by atoms with Gasteiger partial charge in [0.05, 0.1) is 29.6 Å². The predicted molar refractivity (Wildman–Crippen MR) is 116 cm³/mol. The molecule has 0 saturated carbocycles. The molecule has 160 valence electrons. The number of amides is 1. The van der Waals surface area contributed by atoms with Crippen molar-refractivity contribution >= 4 is 45.2 Å². The van der Waals surface area contributed by atoms with E-state index in [0.717, 1.165) is 11.5 Å². The van der Waals surface area contributed by atoms with E-state index in [-0.39, 0.29) is 18.6 Å². The van der Waals surface area contributed by atoms with Gasteiger partial charge in [-0.3, -0.25) is 10.1 Å². The first-order valence-electron chi connectivity index (χ1n) is 9.32. The zero-order valence-corrected chi connectivity index (χ0v) is 18.2. The lowest BCUT2D eigenvalue weighted by Crippen LogP contribution is -2.38. The average Bonchev–Trinajstić information content (AvgIpc) is 3.41. The highest BCUT2D eigenvalue weighted by Crippen LogP contribution is 2.27. The van der Waals surface area contributed by atoms with Gasteiger partial charge in [-0.05, 0) is 26.0 Å². The van der Waals surface area contributed by atoms with E-state index < -0.39 is 12.0 Å². The molecule has 3 aromatic heterocycles. The van der Waals surface area contributed by atoms with Gasteiger partial charge in [-0.2, -0.15) is 9.47 Å². The van der Waals surface area contributed by atoms with Gasteiger partial charge < -0.3 is 9.47 Å². The standard InChI is InChI=1S/C19H18ClN7O3S/c1-11(2)29-8-15(17(28)26-19-23-10-25-31-19)30-18-12-7-24-27(16(12)21-9-22-18)14-6-4-3-5-13(14)20/h3-7,9-11,15H,8H2,1-2H3,(H,23,25,26,28). The van der Waals surface area contributed by atoms with Crippen molar-refractivity contribution in [1.82, 2.24) is 29.1 Å². The second-order valence-corrected chi connectivity index (χ2v) is 7.84. The highest BCUT2D eigenvalue weighted by atomic mass is 35.5. The van der Waals surface area contributed by atoms with E-state index in [0.29, 0.717) is 26.9 Å². The first-order valence-corrected chi connectivity index (χ1v) is 10.5. The highest BCUT2D eigenvalue weighted by Gasteiger charge is 2.25. The summed E-state index contributed by atoms with van der Waals surface area (Å²) in [7, 11) is 0. The van der Waals surface area contributed by atoms with Gasteiger partial charge in [0.15, 0.2) is 5.65 Å². The fourth-order valence-corrected chi connectivity index (χ4v) is 3.36. The maximum absolute atomic E-state index is 12.8. The molecule has 1 N–H and O–H groups in total. The van der Waals surface area contributed by atoms with Crippen LogP contribution in [-0.2, 0) is 9.53 Å². The summed E-state index contributed by atoms with van der Waals surface area (Å²) in [5.74, 6) is -0.226. The Morgan fingerprint density at radius 3 is 2.81 bits per heavy atom. The van der Waals surface area contributed by atoms with Gasteiger partial charge in [-0.1, -0.05) is 23.7 Å². The molecule has 1 amide bonds. The maximum Gasteiger partial charge on any atom is 0.269 e. The fraction of sp³-hybridized carbons (Fsp3) is 0.263. The van der Waals surface area contributed by atoms with E-state index in [1.807, 2.05) is 32.0 Å². The monoisotopic (exact) mass is 459 g/mol. The van der Waals surface area contributed by atoms with Crippen molar-refractivity contribution in [3.63, 3.8) is 0 Å². The molecule has 3 heterocycles. The first-order chi connectivity index (χ1) is 15.0. The van der Waals surface area contributed by atoms with Crippen LogP contribution in [-0.4, -0.2) is 53.8 Å². The normalized spacial score (nSPS) is 12.3. The third-order valence-corrected chi connectivity index (χ3v) is 5.03. The van der Waals surface area contributed by atoms with E-state index in [9.17, 15) is 4.79 Å². The number of carbonyl (C=O) groups is 1. The van der Waals surface area contributed by atoms with E-state index in [1.54, 1.807) is 16.9 Å². The van der Waals surface area contributed by atoms with Crippen molar-refractivity contribution in [3.8, 4) is 11.6 Å². The van der Waals surface area contributed by atoms with Gasteiger partial charge in [0.1, 0.15) is 18.0 Å². The molecule has 0 aliphatic heterocycles. The van der Waals surface area contributed by atoms with E-state index in [1.165, 1.54) is 12.7 Å². The van der Waals surface area contributed by atoms with Crippen LogP contribution in [0.5, 0.6) is 5.88 Å². The lowest BCUT2D eigenvalue weighted by molar-refractivity contribution is -0.126. The minimum Gasteiger partial charge on any atom is -0.461 e. The predicted octanol–water partition coefficient (Wildman–Crippen LogP) is 3.13. The molecular formula is C19H18ClN7O3S. The number of hydrogen-bond acceptors (Lipinski definition) is 9. The molecular weight excluding hydrogens is 442 g/mol. The summed E-state index contributed by atoms with van der Waals surface area (Å²) in [5, 5.41) is 8.46. The van der Waals surface area contributed by atoms with Crippen LogP contribution in [0.4, 0.5) is 5.13 Å². The minimum absolute atomic E-state index is 0.0203. The summed E-state index contributed by atoms with van der Waals surface area (Å²) in [6.45, 7) is 3.76. The number of para-hydroxylation sites is 1. The number of benzene rings is 1. The first kappa shape index (κ1) is 21.1. The molecule has 1 aromatic carbocycles. The Hall–Kier alpha value is -3.15. The van der Waals surface area contributed by atoms with Crippen molar-refractivity contribution < 1.29 is 14.3 Å². The van der Waals surface area contributed by atoms with Crippen LogP contribution in [0.3, 0.4) is 0 Å². The van der Waals surface area contributed by atoms with Gasteiger partial charge in [-0.15, -0.1) is 0 Å². The van der Waals surface area contributed by atoms with Gasteiger partial charge >= 0.3 is 0 Å². The number of nitrogens with zero attached hydrogens (tertiary/aromatic N) is 6. The third kappa shape index (κ3) is 4.79. The Kier molecular flexibility index (Phi) is 6.35. The van der Waals surface area contributed by atoms with Crippen LogP contribution < -0.4 is 10.1 Å². The number of aromatic nitrogens is 6. The van der Waals surface area contributed by atoms with Crippen LogP contribution >= 0.6 is 23.1 Å². The number of anilines is 1. The molecule has 0 aliphatic rings. The number of ether oxygens (including phenoxy) is 2. The molecule has 0 bridgehead atoms. The van der Waals surface area contributed by atoms with E-state index >= 15 is 0 Å². The Labute approximate surface area is 186 Å². The van der Waals surface area contributed by atoms with Crippen LogP contribution in [0.15, 0.2) is 43.1 Å². The number of fused-ring (bicyclic) bond motifs is 1. The Morgan fingerprint density at radius 2 is 2.06 bits per heavy atom. The summed E-state index contributed by atoms with van der Waals surface area (Å²) in [5.41, 5.74) is 1.16. The molecule has 0 fully saturated rings.